The molecule has 4 nitrogen and oxygen atoms in total. The largest absolute Gasteiger partial charge is 0.444 e. The number of hydrogen-bond acceptors (Lipinski definition) is 3. The highest BCUT2D eigenvalue weighted by Gasteiger charge is 2.28. The monoisotopic (exact) mass is 317 g/mol. The topological polar surface area (TPSA) is 46.6 Å². The summed E-state index contributed by atoms with van der Waals surface area (Å²) in [6.45, 7) is 5.24. The Hall–Kier alpha value is -1.26. The molecule has 0 saturated heterocycles. The molecule has 1 rings (SSSR count). The minimum Gasteiger partial charge on any atom is -0.444 e. The fraction of sp³-hybridized carbons (Fsp3) is 0.429. The Bertz CT molecular complexity index is 491. The van der Waals surface area contributed by atoms with Gasteiger partial charge in [-0.15, -0.1) is 0 Å². The lowest BCUT2D eigenvalue weighted by molar-refractivity contribution is -0.112. The van der Waals surface area contributed by atoms with Crippen LogP contribution in [0, 0.1) is 0 Å². The second-order valence-electron chi connectivity index (χ2n) is 5.31. The fourth-order valence-corrected chi connectivity index (χ4v) is 2.21. The molecule has 1 aromatic carbocycles. The minimum atomic E-state index is -0.897. The van der Waals surface area contributed by atoms with E-state index in [1.54, 1.807) is 39.0 Å². The molecule has 0 heterocycles. The number of ether oxygens (including phenoxy) is 1. The van der Waals surface area contributed by atoms with Gasteiger partial charge in [-0.2, -0.15) is 0 Å². The second kappa shape index (κ2) is 6.46. The van der Waals surface area contributed by atoms with Gasteiger partial charge in [-0.1, -0.05) is 29.3 Å². The van der Waals surface area contributed by atoms with Crippen LogP contribution in [0.5, 0.6) is 0 Å². The van der Waals surface area contributed by atoms with Gasteiger partial charge in [0, 0.05) is 22.7 Å². The van der Waals surface area contributed by atoms with Crippen LogP contribution < -0.4 is 0 Å². The third-order valence-corrected chi connectivity index (χ3v) is 3.18. The number of carbonyl (C=O) groups is 2. The summed E-state index contributed by atoms with van der Waals surface area (Å²) >= 11 is 12.1. The lowest BCUT2D eigenvalue weighted by atomic mass is 10.1. The lowest BCUT2D eigenvalue weighted by Gasteiger charge is -2.28. The first-order valence-electron chi connectivity index (χ1n) is 6.02. The van der Waals surface area contributed by atoms with Crippen LogP contribution in [0.2, 0.25) is 10.0 Å². The summed E-state index contributed by atoms with van der Waals surface area (Å²) in [6.07, 6.45) is -0.0117. The van der Waals surface area contributed by atoms with Gasteiger partial charge in [0.25, 0.3) is 0 Å². The van der Waals surface area contributed by atoms with Crippen molar-refractivity contribution >= 4 is 35.6 Å². The van der Waals surface area contributed by atoms with Crippen LogP contribution in [0.1, 0.15) is 32.4 Å². The van der Waals surface area contributed by atoms with Crippen molar-refractivity contribution in [3.8, 4) is 0 Å². The predicted octanol–water partition coefficient (Wildman–Crippen LogP) is 4.10. The van der Waals surface area contributed by atoms with Crippen molar-refractivity contribution in [2.24, 2.45) is 0 Å². The molecule has 0 N–H and O–H groups in total. The zero-order valence-corrected chi connectivity index (χ0v) is 13.3. The van der Waals surface area contributed by atoms with Crippen LogP contribution in [-0.2, 0) is 9.53 Å². The molecule has 0 aliphatic rings. The highest BCUT2D eigenvalue weighted by Crippen LogP contribution is 2.32. The molecule has 1 aromatic rings. The van der Waals surface area contributed by atoms with Crippen LogP contribution in [0.4, 0.5) is 4.79 Å². The maximum absolute atomic E-state index is 12.0. The van der Waals surface area contributed by atoms with E-state index in [1.165, 1.54) is 11.9 Å². The third kappa shape index (κ3) is 4.12. The maximum atomic E-state index is 12.0. The van der Waals surface area contributed by atoms with Gasteiger partial charge in [-0.25, -0.2) is 4.79 Å². The number of carbonyl (C=O) groups excluding carboxylic acids is 2. The van der Waals surface area contributed by atoms with E-state index < -0.39 is 17.7 Å². The van der Waals surface area contributed by atoms with Crippen molar-refractivity contribution in [1.29, 1.82) is 0 Å². The van der Waals surface area contributed by atoms with Crippen molar-refractivity contribution in [1.82, 2.24) is 4.90 Å². The average Bonchev–Trinajstić information content (AvgIpc) is 2.31. The van der Waals surface area contributed by atoms with Gasteiger partial charge in [-0.05, 0) is 32.9 Å². The zero-order chi connectivity index (χ0) is 15.5. The first-order valence-corrected chi connectivity index (χ1v) is 6.78. The Balaban J connectivity index is 3.08. The number of rotatable bonds is 3. The summed E-state index contributed by atoms with van der Waals surface area (Å²) in [6, 6.07) is 4.00. The number of hydrogen-bond donors (Lipinski definition) is 0. The molecule has 0 spiro atoms. The van der Waals surface area contributed by atoms with Gasteiger partial charge in [0.05, 0.1) is 0 Å². The molecule has 0 aliphatic carbocycles. The molecular weight excluding hydrogens is 301 g/mol. The van der Waals surface area contributed by atoms with Crippen molar-refractivity contribution in [2.45, 2.75) is 32.4 Å². The second-order valence-corrected chi connectivity index (χ2v) is 6.12. The zero-order valence-electron chi connectivity index (χ0n) is 11.8. The molecular formula is C14H17Cl2NO3. The Morgan fingerprint density at radius 1 is 1.30 bits per heavy atom. The number of aldehydes is 1. The number of amides is 1. The van der Waals surface area contributed by atoms with Crippen molar-refractivity contribution in [3.05, 3.63) is 33.8 Å². The van der Waals surface area contributed by atoms with Gasteiger partial charge in [-0.3, -0.25) is 4.90 Å². The molecule has 0 bridgehead atoms. The Morgan fingerprint density at radius 3 is 2.20 bits per heavy atom. The van der Waals surface area contributed by atoms with E-state index in [9.17, 15) is 9.59 Å². The van der Waals surface area contributed by atoms with Crippen molar-refractivity contribution in [3.63, 3.8) is 0 Å². The van der Waals surface area contributed by atoms with Gasteiger partial charge >= 0.3 is 6.09 Å². The molecule has 0 fully saturated rings. The number of likely N-dealkylation sites (N-methyl/N-ethyl adjacent to an activating group) is 1. The normalized spacial score (nSPS) is 12.7. The summed E-state index contributed by atoms with van der Waals surface area (Å²) in [5.74, 6) is 0. The van der Waals surface area contributed by atoms with E-state index in [-0.39, 0.29) is 0 Å². The summed E-state index contributed by atoms with van der Waals surface area (Å²) in [7, 11) is 1.47. The molecule has 0 radical (unpaired) electrons. The number of nitrogens with zero attached hydrogens (tertiary/aromatic N) is 1. The third-order valence-electron chi connectivity index (χ3n) is 2.52. The Morgan fingerprint density at radius 2 is 1.80 bits per heavy atom. The summed E-state index contributed by atoms with van der Waals surface area (Å²) in [5.41, 5.74) is -0.262. The molecule has 1 atom stereocenters. The molecule has 0 aliphatic heterocycles. The van der Waals surface area contributed by atoms with Gasteiger partial charge < -0.3 is 9.53 Å². The van der Waals surface area contributed by atoms with Gasteiger partial charge in [0.2, 0.25) is 0 Å². The number of halogens is 2. The fourth-order valence-electron chi connectivity index (χ4n) is 1.59. The Labute approximate surface area is 128 Å². The molecule has 6 heteroatoms. The lowest BCUT2D eigenvalue weighted by Crippen LogP contribution is -2.37. The minimum absolute atomic E-state index is 0.324. The van der Waals surface area contributed by atoms with Crippen LogP contribution in [0.15, 0.2) is 18.2 Å². The molecule has 0 saturated carbocycles. The first-order chi connectivity index (χ1) is 9.17. The van der Waals surface area contributed by atoms with Crippen molar-refractivity contribution in [2.75, 3.05) is 7.05 Å². The van der Waals surface area contributed by atoms with E-state index in [1.807, 2.05) is 0 Å². The van der Waals surface area contributed by atoms with Crippen molar-refractivity contribution < 1.29 is 14.3 Å². The standard InChI is InChI=1S/C14H17Cl2NO3/c1-14(2,3)20-13(19)17(4)11(8-18)12-9(15)6-5-7-10(12)16/h5-8,11H,1-4H3. The maximum Gasteiger partial charge on any atom is 0.410 e. The highest BCUT2D eigenvalue weighted by molar-refractivity contribution is 6.36. The van der Waals surface area contributed by atoms with Crippen LogP contribution in [0.25, 0.3) is 0 Å². The van der Waals surface area contributed by atoms with E-state index in [0.717, 1.165) is 0 Å². The van der Waals surface area contributed by atoms with Gasteiger partial charge in [0.15, 0.2) is 0 Å². The Kier molecular flexibility index (Phi) is 5.42. The number of benzene rings is 1. The SMILES string of the molecule is CN(C(=O)OC(C)(C)C)C(C=O)c1c(Cl)cccc1Cl. The first kappa shape index (κ1) is 16.8. The molecule has 110 valence electrons. The smallest absolute Gasteiger partial charge is 0.410 e. The molecule has 1 unspecified atom stereocenters. The average molecular weight is 318 g/mol. The summed E-state index contributed by atoms with van der Waals surface area (Å²) < 4.78 is 5.23. The van der Waals surface area contributed by atoms with E-state index >= 15 is 0 Å². The van der Waals surface area contributed by atoms with E-state index in [2.05, 4.69) is 0 Å². The predicted molar refractivity (Wildman–Crippen MR) is 79.3 cm³/mol. The summed E-state index contributed by atoms with van der Waals surface area (Å²) in [4.78, 5) is 24.5. The van der Waals surface area contributed by atoms with Crippen LogP contribution in [-0.4, -0.2) is 29.9 Å². The molecule has 0 aromatic heterocycles. The highest BCUT2D eigenvalue weighted by atomic mass is 35.5. The summed E-state index contributed by atoms with van der Waals surface area (Å²) in [5, 5.41) is 0.648. The van der Waals surface area contributed by atoms with E-state index in [4.69, 9.17) is 27.9 Å². The quantitative estimate of drug-likeness (QED) is 0.788. The molecule has 20 heavy (non-hydrogen) atoms. The molecule has 1 amide bonds. The van der Waals surface area contributed by atoms with Gasteiger partial charge in [0.1, 0.15) is 17.9 Å². The van der Waals surface area contributed by atoms with E-state index in [0.29, 0.717) is 21.9 Å². The van der Waals surface area contributed by atoms with Crippen LogP contribution in [0.3, 0.4) is 0 Å². The van der Waals surface area contributed by atoms with Crippen LogP contribution >= 0.6 is 23.2 Å².